The Labute approximate surface area is 218 Å². The zero-order valence-corrected chi connectivity index (χ0v) is 21.8. The predicted molar refractivity (Wildman–Crippen MR) is 141 cm³/mol. The van der Waals surface area contributed by atoms with Gasteiger partial charge in [0.1, 0.15) is 11.3 Å². The summed E-state index contributed by atoms with van der Waals surface area (Å²) in [6.45, 7) is 8.51. The second-order valence-corrected chi connectivity index (χ2v) is 9.77. The maximum absolute atomic E-state index is 13.5. The summed E-state index contributed by atoms with van der Waals surface area (Å²) >= 11 is 12.4. The summed E-state index contributed by atoms with van der Waals surface area (Å²) < 4.78 is 2.07. The highest BCUT2D eigenvalue weighted by molar-refractivity contribution is 6.38. The minimum Gasteiger partial charge on any atom is -0.478 e. The van der Waals surface area contributed by atoms with E-state index in [1.54, 1.807) is 4.90 Å². The summed E-state index contributed by atoms with van der Waals surface area (Å²) in [6, 6.07) is 2.47. The van der Waals surface area contributed by atoms with Gasteiger partial charge in [0.05, 0.1) is 27.2 Å². The first kappa shape index (κ1) is 24.3. The van der Waals surface area contributed by atoms with Gasteiger partial charge in [0.15, 0.2) is 5.65 Å². The Hall–Kier alpha value is -3.42. The predicted octanol–water partition coefficient (Wildman–Crippen LogP) is 5.79. The zero-order chi connectivity index (χ0) is 25.9. The molecule has 3 heterocycles. The van der Waals surface area contributed by atoms with Gasteiger partial charge in [0.2, 0.25) is 0 Å². The van der Waals surface area contributed by atoms with E-state index in [9.17, 15) is 14.7 Å². The maximum Gasteiger partial charge on any atom is 0.338 e. The van der Waals surface area contributed by atoms with E-state index in [1.165, 1.54) is 12.1 Å². The molecule has 9 heteroatoms. The highest BCUT2D eigenvalue weighted by Crippen LogP contribution is 2.35. The molecular weight excluding hydrogens is 499 g/mol. The van der Waals surface area contributed by atoms with Crippen molar-refractivity contribution in [3.05, 3.63) is 85.8 Å². The quantitative estimate of drug-likeness (QED) is 0.468. The number of nitrogens with zero attached hydrogens (tertiary/aromatic N) is 4. The molecule has 1 unspecified atom stereocenters. The fourth-order valence-corrected chi connectivity index (χ4v) is 5.34. The number of aryl methyl sites for hydroxylation is 3. The number of allylic oxidation sites excluding steroid dienone is 2. The molecule has 184 valence electrons. The molecule has 36 heavy (non-hydrogen) atoms. The first-order valence-corrected chi connectivity index (χ1v) is 12.4. The first-order chi connectivity index (χ1) is 17.1. The summed E-state index contributed by atoms with van der Waals surface area (Å²) in [5, 5.41) is 9.68. The lowest BCUT2D eigenvalue weighted by atomic mass is 10.00. The lowest BCUT2D eigenvalue weighted by molar-refractivity contribution is 0.0678. The second-order valence-electron chi connectivity index (χ2n) is 8.96. The average Bonchev–Trinajstić information content (AvgIpc) is 3.44. The summed E-state index contributed by atoms with van der Waals surface area (Å²) in [4.78, 5) is 36.7. The number of hydrogen-bond donors (Lipinski definition) is 1. The standard InChI is InChI=1S/C27H24Cl2N4O3/c1-5-21-31-24-14(3)13(2)15(4)30-25(24)33(21)17-6-9-20-16(12-17)10-11-32(20)26(34)22-18(28)7-8-19(29)23(22)27(35)36/h6-10,12,20H,5,11H2,1-4H3,(H,35,36). The molecule has 1 amide bonds. The summed E-state index contributed by atoms with van der Waals surface area (Å²) in [5.41, 5.74) is 6.37. The number of benzene rings is 1. The molecule has 2 aromatic heterocycles. The lowest BCUT2D eigenvalue weighted by Crippen LogP contribution is -2.37. The van der Waals surface area contributed by atoms with Crippen molar-refractivity contribution in [3.63, 3.8) is 0 Å². The van der Waals surface area contributed by atoms with Crippen LogP contribution in [-0.2, 0) is 6.42 Å². The zero-order valence-electron chi connectivity index (χ0n) is 20.3. The van der Waals surface area contributed by atoms with Crippen LogP contribution in [0.15, 0.2) is 42.0 Å². The SMILES string of the molecule is CCc1nc2c(C)c(C)c(C)nc2n1C1=CC2=CCN(C(=O)c3c(Cl)ccc(Cl)c3C(=O)O)C2C=C1. The highest BCUT2D eigenvalue weighted by Gasteiger charge is 2.35. The molecule has 3 aromatic rings. The molecule has 1 atom stereocenters. The molecule has 1 aliphatic heterocycles. The number of fused-ring (bicyclic) bond motifs is 2. The van der Waals surface area contributed by atoms with Crippen LogP contribution in [0.4, 0.5) is 0 Å². The molecule has 0 spiro atoms. The van der Waals surface area contributed by atoms with E-state index in [-0.39, 0.29) is 27.2 Å². The molecular formula is C27H24Cl2N4O3. The van der Waals surface area contributed by atoms with Crippen molar-refractivity contribution >= 4 is 51.9 Å². The fourth-order valence-electron chi connectivity index (χ4n) is 4.86. The lowest BCUT2D eigenvalue weighted by Gasteiger charge is -2.27. The molecule has 0 saturated carbocycles. The number of carboxylic acids is 1. The second kappa shape index (κ2) is 8.91. The largest absolute Gasteiger partial charge is 0.478 e. The minimum atomic E-state index is -1.30. The number of aromatic carboxylic acids is 1. The van der Waals surface area contributed by atoms with Crippen LogP contribution in [0.5, 0.6) is 0 Å². The average molecular weight is 523 g/mol. The van der Waals surface area contributed by atoms with Crippen LogP contribution in [0, 0.1) is 20.8 Å². The van der Waals surface area contributed by atoms with Crippen LogP contribution in [0.2, 0.25) is 10.0 Å². The number of carbonyl (C=O) groups is 2. The van der Waals surface area contributed by atoms with Gasteiger partial charge in [0.25, 0.3) is 5.91 Å². The Balaban J connectivity index is 1.53. The molecule has 0 radical (unpaired) electrons. The fraction of sp³-hybridized carbons (Fsp3) is 0.259. The van der Waals surface area contributed by atoms with Crippen molar-refractivity contribution in [2.75, 3.05) is 6.54 Å². The summed E-state index contributed by atoms with van der Waals surface area (Å²) in [6.07, 6.45) is 8.62. The molecule has 0 fully saturated rings. The number of imidazole rings is 1. The summed E-state index contributed by atoms with van der Waals surface area (Å²) in [7, 11) is 0. The van der Waals surface area contributed by atoms with Crippen LogP contribution >= 0.6 is 23.2 Å². The van der Waals surface area contributed by atoms with Crippen LogP contribution in [0.1, 0.15) is 50.3 Å². The van der Waals surface area contributed by atoms with Crippen molar-refractivity contribution in [1.82, 2.24) is 19.4 Å². The Bertz CT molecular complexity index is 1570. The Kier molecular flexibility index (Phi) is 6.01. The summed E-state index contributed by atoms with van der Waals surface area (Å²) in [5.74, 6) is -0.876. The van der Waals surface area contributed by atoms with Crippen molar-refractivity contribution in [1.29, 1.82) is 0 Å². The van der Waals surface area contributed by atoms with Gasteiger partial charge in [-0.25, -0.2) is 14.8 Å². The van der Waals surface area contributed by atoms with Crippen LogP contribution in [-0.4, -0.2) is 49.0 Å². The van der Waals surface area contributed by atoms with Crippen LogP contribution in [0.25, 0.3) is 16.9 Å². The van der Waals surface area contributed by atoms with E-state index in [4.69, 9.17) is 33.2 Å². The number of amides is 1. The molecule has 1 aliphatic carbocycles. The van der Waals surface area contributed by atoms with E-state index in [2.05, 4.69) is 25.3 Å². The van der Waals surface area contributed by atoms with Crippen LogP contribution in [0.3, 0.4) is 0 Å². The van der Waals surface area contributed by atoms with Crippen LogP contribution < -0.4 is 0 Å². The van der Waals surface area contributed by atoms with E-state index in [0.29, 0.717) is 6.54 Å². The van der Waals surface area contributed by atoms with E-state index in [1.807, 2.05) is 31.2 Å². The number of rotatable bonds is 4. The molecule has 1 N–H and O–H groups in total. The molecule has 0 bridgehead atoms. The number of pyridine rings is 1. The first-order valence-electron chi connectivity index (χ1n) is 11.6. The normalized spacial score (nSPS) is 16.8. The van der Waals surface area contributed by atoms with E-state index >= 15 is 0 Å². The number of carboxylic acid groups (broad SMARTS) is 1. The van der Waals surface area contributed by atoms with Gasteiger partial charge in [-0.05, 0) is 61.8 Å². The number of aromatic nitrogens is 3. The highest BCUT2D eigenvalue weighted by atomic mass is 35.5. The Morgan fingerprint density at radius 3 is 2.44 bits per heavy atom. The minimum absolute atomic E-state index is 0.0311. The number of hydrogen-bond acceptors (Lipinski definition) is 4. The number of halogens is 2. The van der Waals surface area contributed by atoms with Gasteiger partial charge in [-0.15, -0.1) is 0 Å². The van der Waals surface area contributed by atoms with Gasteiger partial charge in [-0.2, -0.15) is 0 Å². The van der Waals surface area contributed by atoms with E-state index < -0.39 is 11.9 Å². The van der Waals surface area contributed by atoms with Gasteiger partial charge < -0.3 is 10.0 Å². The molecule has 1 aromatic carbocycles. The van der Waals surface area contributed by atoms with Crippen molar-refractivity contribution in [3.8, 4) is 0 Å². The van der Waals surface area contributed by atoms with Gasteiger partial charge in [-0.1, -0.05) is 42.3 Å². The van der Waals surface area contributed by atoms with Crippen molar-refractivity contribution in [2.24, 2.45) is 0 Å². The van der Waals surface area contributed by atoms with Crippen molar-refractivity contribution in [2.45, 2.75) is 40.2 Å². The van der Waals surface area contributed by atoms with Crippen molar-refractivity contribution < 1.29 is 14.7 Å². The van der Waals surface area contributed by atoms with Gasteiger partial charge >= 0.3 is 5.97 Å². The monoisotopic (exact) mass is 522 g/mol. The smallest absolute Gasteiger partial charge is 0.338 e. The Morgan fingerprint density at radius 1 is 1.08 bits per heavy atom. The Morgan fingerprint density at radius 2 is 1.78 bits per heavy atom. The third-order valence-electron chi connectivity index (χ3n) is 6.99. The molecule has 2 aliphatic rings. The van der Waals surface area contributed by atoms with Gasteiger partial charge in [0, 0.05) is 24.4 Å². The number of carbonyl (C=O) groups excluding carboxylic acids is 1. The topological polar surface area (TPSA) is 88.3 Å². The maximum atomic E-state index is 13.5. The molecule has 5 rings (SSSR count). The molecule has 7 nitrogen and oxygen atoms in total. The third-order valence-corrected chi connectivity index (χ3v) is 7.62. The van der Waals surface area contributed by atoms with E-state index in [0.717, 1.165) is 51.5 Å². The van der Waals surface area contributed by atoms with Gasteiger partial charge in [-0.3, -0.25) is 9.36 Å². The molecule has 0 saturated heterocycles. The third kappa shape index (κ3) is 3.65.